The number of carboxylic acids is 1. The van der Waals surface area contributed by atoms with E-state index in [9.17, 15) is 22.7 Å². The maximum Gasteiger partial charge on any atom is 0.303 e. The number of ether oxygens (including phenoxy) is 1. The zero-order valence-corrected chi connectivity index (χ0v) is 19.6. The Balaban J connectivity index is 1.56. The molecular weight excluding hydrogens is 473 g/mol. The Bertz CT molecular complexity index is 1280. The van der Waals surface area contributed by atoms with Gasteiger partial charge in [0.25, 0.3) is 10.0 Å². The molecular formula is C26H26FNO6S. The molecule has 3 aromatic carbocycles. The Hall–Kier alpha value is -3.69. The molecule has 0 aliphatic rings. The van der Waals surface area contributed by atoms with Crippen molar-refractivity contribution in [2.45, 2.75) is 30.3 Å². The van der Waals surface area contributed by atoms with Crippen LogP contribution in [0.3, 0.4) is 0 Å². The molecule has 0 aromatic heterocycles. The van der Waals surface area contributed by atoms with Crippen molar-refractivity contribution in [3.8, 4) is 5.75 Å². The summed E-state index contributed by atoms with van der Waals surface area (Å²) in [6.45, 7) is 0.0892. The van der Waals surface area contributed by atoms with E-state index < -0.39 is 27.9 Å². The lowest BCUT2D eigenvalue weighted by molar-refractivity contribution is -0.136. The topological polar surface area (TPSA) is 113 Å². The lowest BCUT2D eigenvalue weighted by Gasteiger charge is -2.13. The standard InChI is InChI=1S/C26H26FNO6S/c27-24-10-5-11-25(23(24)14-15-26(30)31)34-17-16-21(29)13-12-19-6-4-7-20(18-19)28-35(32,33)22-8-2-1-3-9-22/h1-13,18,21,28-29H,14-17H2,(H,30,31)/b13-12+/t21-/m0/s1. The number of aliphatic carboxylic acids is 1. The van der Waals surface area contributed by atoms with E-state index in [4.69, 9.17) is 9.84 Å². The minimum atomic E-state index is -3.71. The molecule has 3 aromatic rings. The summed E-state index contributed by atoms with van der Waals surface area (Å²) in [6.07, 6.45) is 2.34. The number of hydrogen-bond donors (Lipinski definition) is 3. The summed E-state index contributed by atoms with van der Waals surface area (Å²) in [5.41, 5.74) is 1.25. The molecule has 3 rings (SSSR count). The van der Waals surface area contributed by atoms with E-state index in [1.807, 2.05) is 0 Å². The number of carbonyl (C=O) groups is 1. The first-order valence-corrected chi connectivity index (χ1v) is 12.4. The lowest BCUT2D eigenvalue weighted by Crippen LogP contribution is -2.12. The van der Waals surface area contributed by atoms with Crippen LogP contribution in [0.5, 0.6) is 5.75 Å². The van der Waals surface area contributed by atoms with Gasteiger partial charge in [-0.2, -0.15) is 0 Å². The van der Waals surface area contributed by atoms with Crippen LogP contribution in [0.4, 0.5) is 10.1 Å². The molecule has 0 aliphatic heterocycles. The number of carboxylic acid groups (broad SMARTS) is 1. The van der Waals surface area contributed by atoms with Crippen LogP contribution in [0.2, 0.25) is 0 Å². The van der Waals surface area contributed by atoms with E-state index >= 15 is 0 Å². The fraction of sp³-hybridized carbons (Fsp3) is 0.192. The average molecular weight is 500 g/mol. The second-order valence-corrected chi connectivity index (χ2v) is 9.40. The van der Waals surface area contributed by atoms with Gasteiger partial charge in [-0.3, -0.25) is 9.52 Å². The van der Waals surface area contributed by atoms with E-state index in [-0.39, 0.29) is 42.1 Å². The summed E-state index contributed by atoms with van der Waals surface area (Å²) in [6, 6.07) is 19.0. The first-order valence-electron chi connectivity index (χ1n) is 10.9. The molecule has 0 saturated heterocycles. The van der Waals surface area contributed by atoms with Gasteiger partial charge >= 0.3 is 5.97 Å². The third-order valence-electron chi connectivity index (χ3n) is 5.04. The van der Waals surface area contributed by atoms with Crippen LogP contribution in [0.15, 0.2) is 83.8 Å². The number of benzene rings is 3. The summed E-state index contributed by atoms with van der Waals surface area (Å²) < 4.78 is 47.2. The Morgan fingerprint density at radius 3 is 2.54 bits per heavy atom. The number of anilines is 1. The molecule has 0 bridgehead atoms. The molecule has 0 fully saturated rings. The fourth-order valence-corrected chi connectivity index (χ4v) is 4.35. The maximum absolute atomic E-state index is 14.1. The van der Waals surface area contributed by atoms with Gasteiger partial charge in [0.2, 0.25) is 0 Å². The molecule has 0 aliphatic carbocycles. The van der Waals surface area contributed by atoms with Gasteiger partial charge in [0, 0.05) is 24.1 Å². The highest BCUT2D eigenvalue weighted by Gasteiger charge is 2.14. The summed E-state index contributed by atoms with van der Waals surface area (Å²) in [5.74, 6) is -1.32. The van der Waals surface area contributed by atoms with Gasteiger partial charge < -0.3 is 14.9 Å². The molecule has 0 radical (unpaired) electrons. The van der Waals surface area contributed by atoms with Crippen LogP contribution in [-0.2, 0) is 21.2 Å². The molecule has 35 heavy (non-hydrogen) atoms. The Morgan fingerprint density at radius 2 is 1.80 bits per heavy atom. The number of aliphatic hydroxyl groups is 1. The maximum atomic E-state index is 14.1. The molecule has 0 spiro atoms. The Kier molecular flexibility index (Phi) is 8.99. The van der Waals surface area contributed by atoms with Gasteiger partial charge in [0.1, 0.15) is 11.6 Å². The van der Waals surface area contributed by atoms with Crippen molar-refractivity contribution in [1.29, 1.82) is 0 Å². The van der Waals surface area contributed by atoms with E-state index in [0.717, 1.165) is 0 Å². The third kappa shape index (κ3) is 7.94. The first-order chi connectivity index (χ1) is 16.7. The van der Waals surface area contributed by atoms with E-state index in [0.29, 0.717) is 11.3 Å². The van der Waals surface area contributed by atoms with E-state index in [1.54, 1.807) is 60.7 Å². The first kappa shape index (κ1) is 25.9. The number of nitrogens with one attached hydrogen (secondary N) is 1. The molecule has 0 heterocycles. The monoisotopic (exact) mass is 499 g/mol. The van der Waals surface area contributed by atoms with Crippen molar-refractivity contribution in [2.75, 3.05) is 11.3 Å². The number of sulfonamides is 1. The van der Waals surface area contributed by atoms with Crippen molar-refractivity contribution >= 4 is 27.8 Å². The number of halogens is 1. The summed E-state index contributed by atoms with van der Waals surface area (Å²) in [7, 11) is -3.71. The molecule has 9 heteroatoms. The summed E-state index contributed by atoms with van der Waals surface area (Å²) in [4.78, 5) is 11.0. The highest BCUT2D eigenvalue weighted by atomic mass is 32.2. The minimum Gasteiger partial charge on any atom is -0.493 e. The van der Waals surface area contributed by atoms with Crippen LogP contribution in [-0.4, -0.2) is 37.3 Å². The SMILES string of the molecule is O=C(O)CCc1c(F)cccc1OCC[C@@H](O)/C=C/c1cccc(NS(=O)(=O)c2ccccc2)c1. The van der Waals surface area contributed by atoms with Crippen LogP contribution in [0.25, 0.3) is 6.08 Å². The van der Waals surface area contributed by atoms with Crippen molar-refractivity contribution in [1.82, 2.24) is 0 Å². The van der Waals surface area contributed by atoms with Crippen molar-refractivity contribution in [3.63, 3.8) is 0 Å². The second kappa shape index (κ2) is 12.1. The van der Waals surface area contributed by atoms with Crippen molar-refractivity contribution in [2.24, 2.45) is 0 Å². The summed E-state index contributed by atoms with van der Waals surface area (Å²) in [5, 5.41) is 19.1. The van der Waals surface area contributed by atoms with Crippen LogP contribution >= 0.6 is 0 Å². The van der Waals surface area contributed by atoms with E-state index in [2.05, 4.69) is 4.72 Å². The Morgan fingerprint density at radius 1 is 1.06 bits per heavy atom. The Labute approximate surface area is 203 Å². The highest BCUT2D eigenvalue weighted by Crippen LogP contribution is 2.24. The quantitative estimate of drug-likeness (QED) is 0.339. The van der Waals surface area contributed by atoms with Crippen LogP contribution < -0.4 is 9.46 Å². The zero-order chi connectivity index (χ0) is 25.3. The molecule has 1 atom stereocenters. The van der Waals surface area contributed by atoms with Gasteiger partial charge in [0.15, 0.2) is 0 Å². The lowest BCUT2D eigenvalue weighted by atomic mass is 10.1. The minimum absolute atomic E-state index is 0.00413. The third-order valence-corrected chi connectivity index (χ3v) is 6.44. The summed E-state index contributed by atoms with van der Waals surface area (Å²) >= 11 is 0. The molecule has 0 saturated carbocycles. The number of hydrogen-bond acceptors (Lipinski definition) is 5. The van der Waals surface area contributed by atoms with Crippen LogP contribution in [0, 0.1) is 5.82 Å². The normalized spacial score (nSPS) is 12.4. The van der Waals surface area contributed by atoms with Gasteiger partial charge in [0.05, 0.1) is 17.6 Å². The van der Waals surface area contributed by atoms with Gasteiger partial charge in [-0.1, -0.05) is 48.6 Å². The smallest absolute Gasteiger partial charge is 0.303 e. The number of aliphatic hydroxyl groups excluding tert-OH is 1. The largest absolute Gasteiger partial charge is 0.493 e. The number of rotatable bonds is 12. The molecule has 3 N–H and O–H groups in total. The average Bonchev–Trinajstić information content (AvgIpc) is 2.83. The molecule has 7 nitrogen and oxygen atoms in total. The predicted molar refractivity (Wildman–Crippen MR) is 131 cm³/mol. The van der Waals surface area contributed by atoms with Gasteiger partial charge in [-0.25, -0.2) is 12.8 Å². The van der Waals surface area contributed by atoms with Gasteiger partial charge in [-0.05, 0) is 48.4 Å². The van der Waals surface area contributed by atoms with E-state index in [1.165, 1.54) is 24.3 Å². The zero-order valence-electron chi connectivity index (χ0n) is 18.8. The predicted octanol–water partition coefficient (Wildman–Crippen LogP) is 4.49. The highest BCUT2D eigenvalue weighted by molar-refractivity contribution is 7.92. The molecule has 184 valence electrons. The van der Waals surface area contributed by atoms with Crippen molar-refractivity contribution in [3.05, 3.63) is 95.8 Å². The van der Waals surface area contributed by atoms with Crippen molar-refractivity contribution < 1.29 is 32.6 Å². The fourth-order valence-electron chi connectivity index (χ4n) is 3.28. The van der Waals surface area contributed by atoms with Crippen LogP contribution in [0.1, 0.15) is 24.0 Å². The molecule has 0 amide bonds. The van der Waals surface area contributed by atoms with Gasteiger partial charge in [-0.15, -0.1) is 0 Å². The molecule has 0 unspecified atom stereocenters. The second-order valence-electron chi connectivity index (χ2n) is 7.72.